The minimum Gasteiger partial charge on any atom is -0.506 e. The van der Waals surface area contributed by atoms with Crippen LogP contribution in [0.3, 0.4) is 0 Å². The van der Waals surface area contributed by atoms with Gasteiger partial charge in [-0.05, 0) is 85.6 Å². The van der Waals surface area contributed by atoms with Crippen molar-refractivity contribution in [3.63, 3.8) is 0 Å². The molecule has 3 N–H and O–H groups in total. The Morgan fingerprint density at radius 2 is 1.83 bits per heavy atom. The number of likely N-dealkylation sites (tertiary alicyclic amines) is 1. The quantitative estimate of drug-likeness (QED) is 0.241. The average Bonchev–Trinajstić information content (AvgIpc) is 3.50. The molecule has 42 heavy (non-hydrogen) atoms. The number of aliphatic hydroxyl groups is 1. The van der Waals surface area contributed by atoms with Crippen LogP contribution in [0.25, 0.3) is 0 Å². The molecule has 1 aromatic rings. The van der Waals surface area contributed by atoms with E-state index in [1.807, 2.05) is 6.92 Å². The average molecular weight is 589 g/mol. The van der Waals surface area contributed by atoms with Crippen LogP contribution in [0.15, 0.2) is 28.6 Å². The zero-order valence-electron chi connectivity index (χ0n) is 25.3. The second-order valence-electron chi connectivity index (χ2n) is 13.0. The Morgan fingerprint density at radius 1 is 1.14 bits per heavy atom. The van der Waals surface area contributed by atoms with Gasteiger partial charge in [-0.2, -0.15) is 4.91 Å². The number of benzene rings is 1. The minimum atomic E-state index is -1.65. The number of nitrogens with one attached hydrogen (secondary N) is 1. The third kappa shape index (κ3) is 7.14. The zero-order valence-corrected chi connectivity index (χ0v) is 25.3. The van der Waals surface area contributed by atoms with E-state index < -0.39 is 42.0 Å². The molecular weight excluding hydrogens is 544 g/mol. The topological polar surface area (TPSA) is 175 Å². The standard InChI is InChI=1S/C30H44N4O8/c1-17(14-20-11-12-29(3,4)30(20,5)6)42-28(39)22-8-7-13-34(22)27(38)25(18(2)32-40)31-26(37)24(36)16-19-9-10-23(35)21(15-19)33-41/h9-10,15,17-18,20,22,24-25,35-36H,7-8,11-14,16H2,1-6H3,(H,31,37). The molecule has 1 saturated carbocycles. The van der Waals surface area contributed by atoms with Gasteiger partial charge in [0.25, 0.3) is 0 Å². The number of carbonyl (C=O) groups excluding carboxylic acids is 3. The lowest BCUT2D eigenvalue weighted by Gasteiger charge is -2.40. The van der Waals surface area contributed by atoms with Crippen molar-refractivity contribution in [2.45, 2.75) is 110 Å². The smallest absolute Gasteiger partial charge is 0.329 e. The van der Waals surface area contributed by atoms with E-state index in [0.717, 1.165) is 19.3 Å². The minimum absolute atomic E-state index is 0.0902. The molecule has 12 nitrogen and oxygen atoms in total. The molecule has 1 aliphatic heterocycles. The van der Waals surface area contributed by atoms with E-state index in [4.69, 9.17) is 4.74 Å². The molecule has 2 amide bonds. The molecule has 0 radical (unpaired) electrons. The Bertz CT molecular complexity index is 1190. The number of phenols is 1. The molecule has 1 aliphatic carbocycles. The SMILES string of the molecule is CC(CC1CCC(C)(C)C1(C)C)OC(=O)C1CCCN1C(=O)C(NC(=O)C(O)Cc1ccc(O)c(N=O)c1)C(C)N=O. The van der Waals surface area contributed by atoms with Gasteiger partial charge < -0.3 is 25.2 Å². The van der Waals surface area contributed by atoms with Crippen LogP contribution in [0.1, 0.15) is 79.2 Å². The highest BCUT2D eigenvalue weighted by Gasteiger charge is 2.49. The predicted octanol–water partition coefficient (Wildman–Crippen LogP) is 4.11. The fraction of sp³-hybridized carbons (Fsp3) is 0.700. The van der Waals surface area contributed by atoms with Gasteiger partial charge in [0.15, 0.2) is 0 Å². The van der Waals surface area contributed by atoms with Crippen molar-refractivity contribution in [3.8, 4) is 5.75 Å². The third-order valence-corrected chi connectivity index (χ3v) is 9.71. The number of rotatable bonds is 12. The Morgan fingerprint density at radius 3 is 2.43 bits per heavy atom. The molecule has 6 unspecified atom stereocenters. The Hall–Kier alpha value is -3.41. The molecule has 0 aromatic heterocycles. The lowest BCUT2D eigenvalue weighted by molar-refractivity contribution is -0.159. The number of phenolic OH excluding ortho intramolecular Hbond substituents is 1. The number of nitroso groups, excluding NO2 is 2. The Balaban J connectivity index is 1.65. The molecule has 0 bridgehead atoms. The van der Waals surface area contributed by atoms with Crippen molar-refractivity contribution in [2.75, 3.05) is 6.54 Å². The number of ether oxygens (including phenoxy) is 1. The first-order chi connectivity index (χ1) is 19.6. The summed E-state index contributed by atoms with van der Waals surface area (Å²) in [5, 5.41) is 28.1. The van der Waals surface area contributed by atoms with Gasteiger partial charge in [0.1, 0.15) is 35.7 Å². The second kappa shape index (κ2) is 13.3. The number of aromatic hydroxyl groups is 1. The van der Waals surface area contributed by atoms with Crippen LogP contribution < -0.4 is 5.32 Å². The summed E-state index contributed by atoms with van der Waals surface area (Å²) < 4.78 is 5.82. The highest BCUT2D eigenvalue weighted by atomic mass is 16.5. The summed E-state index contributed by atoms with van der Waals surface area (Å²) in [4.78, 5) is 63.2. The zero-order chi connectivity index (χ0) is 31.4. The molecule has 0 spiro atoms. The first-order valence-corrected chi connectivity index (χ1v) is 14.6. The second-order valence-corrected chi connectivity index (χ2v) is 13.0. The molecule has 1 heterocycles. The summed E-state index contributed by atoms with van der Waals surface area (Å²) in [5.74, 6) is -2.07. The maximum Gasteiger partial charge on any atom is 0.329 e. The molecule has 1 saturated heterocycles. The normalized spacial score (nSPS) is 23.8. The monoisotopic (exact) mass is 588 g/mol. The van der Waals surface area contributed by atoms with Gasteiger partial charge in [0, 0.05) is 13.0 Å². The summed E-state index contributed by atoms with van der Waals surface area (Å²) in [5.41, 5.74) is 0.374. The highest BCUT2D eigenvalue weighted by Crippen LogP contribution is 2.57. The molecule has 3 rings (SSSR count). The summed E-state index contributed by atoms with van der Waals surface area (Å²) in [6.45, 7) is 12.5. The third-order valence-electron chi connectivity index (χ3n) is 9.71. The van der Waals surface area contributed by atoms with Crippen molar-refractivity contribution >= 4 is 23.5 Å². The van der Waals surface area contributed by atoms with Crippen molar-refractivity contribution in [3.05, 3.63) is 33.6 Å². The van der Waals surface area contributed by atoms with Gasteiger partial charge in [0.05, 0.1) is 6.10 Å². The Labute approximate surface area is 246 Å². The van der Waals surface area contributed by atoms with E-state index in [1.165, 1.54) is 30.0 Å². The van der Waals surface area contributed by atoms with Crippen LogP contribution in [0.2, 0.25) is 0 Å². The van der Waals surface area contributed by atoms with Crippen LogP contribution in [0, 0.1) is 26.6 Å². The van der Waals surface area contributed by atoms with E-state index in [0.29, 0.717) is 24.3 Å². The number of carbonyl (C=O) groups is 3. The van der Waals surface area contributed by atoms with E-state index in [2.05, 4.69) is 43.4 Å². The van der Waals surface area contributed by atoms with Crippen LogP contribution >= 0.6 is 0 Å². The number of hydrogen-bond donors (Lipinski definition) is 3. The molecule has 2 fully saturated rings. The van der Waals surface area contributed by atoms with Gasteiger partial charge in [-0.25, -0.2) is 4.79 Å². The van der Waals surface area contributed by atoms with Crippen LogP contribution in [0.4, 0.5) is 5.69 Å². The fourth-order valence-electron chi connectivity index (χ4n) is 6.15. The lowest BCUT2D eigenvalue weighted by Crippen LogP contribution is -2.57. The first-order valence-electron chi connectivity index (χ1n) is 14.6. The van der Waals surface area contributed by atoms with Crippen molar-refractivity contribution in [2.24, 2.45) is 27.1 Å². The van der Waals surface area contributed by atoms with Gasteiger partial charge in [-0.15, -0.1) is 4.91 Å². The van der Waals surface area contributed by atoms with E-state index >= 15 is 0 Å². The van der Waals surface area contributed by atoms with Gasteiger partial charge in [-0.3, -0.25) is 9.59 Å². The summed E-state index contributed by atoms with van der Waals surface area (Å²) >= 11 is 0. The number of aliphatic hydroxyl groups excluding tert-OH is 1. The van der Waals surface area contributed by atoms with E-state index in [1.54, 1.807) is 0 Å². The molecular formula is C30H44N4O8. The van der Waals surface area contributed by atoms with Gasteiger partial charge in [-0.1, -0.05) is 38.9 Å². The molecule has 1 aromatic carbocycles. The molecule has 232 valence electrons. The number of nitrogens with zero attached hydrogens (tertiary/aromatic N) is 3. The maximum atomic E-state index is 13.6. The van der Waals surface area contributed by atoms with Gasteiger partial charge in [0.2, 0.25) is 11.8 Å². The lowest BCUT2D eigenvalue weighted by atomic mass is 9.66. The van der Waals surface area contributed by atoms with Crippen LogP contribution in [0.5, 0.6) is 5.75 Å². The van der Waals surface area contributed by atoms with Crippen LogP contribution in [-0.4, -0.2) is 69.8 Å². The molecule has 2 aliphatic rings. The Kier molecular flexibility index (Phi) is 10.5. The van der Waals surface area contributed by atoms with Crippen LogP contribution in [-0.2, 0) is 25.5 Å². The summed E-state index contributed by atoms with van der Waals surface area (Å²) in [6, 6.07) is 0.398. The van der Waals surface area contributed by atoms with E-state index in [9.17, 15) is 34.4 Å². The number of hydrogen-bond acceptors (Lipinski definition) is 10. The number of amides is 2. The highest BCUT2D eigenvalue weighted by molar-refractivity contribution is 5.92. The fourth-order valence-corrected chi connectivity index (χ4v) is 6.15. The number of esters is 1. The van der Waals surface area contributed by atoms with Crippen molar-refractivity contribution in [1.82, 2.24) is 10.2 Å². The van der Waals surface area contributed by atoms with Crippen molar-refractivity contribution < 1.29 is 29.3 Å². The predicted molar refractivity (Wildman–Crippen MR) is 156 cm³/mol. The van der Waals surface area contributed by atoms with Crippen molar-refractivity contribution in [1.29, 1.82) is 0 Å². The summed E-state index contributed by atoms with van der Waals surface area (Å²) in [7, 11) is 0. The summed E-state index contributed by atoms with van der Waals surface area (Å²) in [6.07, 6.45) is 1.58. The molecule has 6 atom stereocenters. The van der Waals surface area contributed by atoms with Gasteiger partial charge >= 0.3 is 5.97 Å². The first kappa shape index (κ1) is 33.1. The maximum absolute atomic E-state index is 13.6. The molecule has 12 heteroatoms. The largest absolute Gasteiger partial charge is 0.506 e. The van der Waals surface area contributed by atoms with E-state index in [-0.39, 0.29) is 41.3 Å².